The van der Waals surface area contributed by atoms with Crippen molar-refractivity contribution in [2.75, 3.05) is 0 Å². The molecular formula is C16H18N4O. The molecule has 1 aromatic carbocycles. The number of nitrogens with one attached hydrogen (secondary N) is 1. The van der Waals surface area contributed by atoms with E-state index >= 15 is 0 Å². The van der Waals surface area contributed by atoms with Crippen LogP contribution in [0.25, 0.3) is 5.69 Å². The maximum absolute atomic E-state index is 5.60. The van der Waals surface area contributed by atoms with Gasteiger partial charge in [0.15, 0.2) is 0 Å². The molecule has 0 saturated carbocycles. The second-order valence-electron chi connectivity index (χ2n) is 5.01. The van der Waals surface area contributed by atoms with Crippen LogP contribution in [0, 0.1) is 6.92 Å². The first-order valence-corrected chi connectivity index (χ1v) is 6.99. The first-order valence-electron chi connectivity index (χ1n) is 6.99. The standard InChI is InChI=1S/C16H18N4O/c1-12-8-9-16(21-12)13(2)17-10-14-11-18-20(19-14)15-6-4-3-5-7-15/h3-9,11,13,17H,10H2,1-2H3. The zero-order valence-corrected chi connectivity index (χ0v) is 12.2. The number of rotatable bonds is 5. The van der Waals surface area contributed by atoms with Crippen molar-refractivity contribution in [1.29, 1.82) is 0 Å². The maximum atomic E-state index is 5.60. The van der Waals surface area contributed by atoms with Gasteiger partial charge in [-0.15, -0.1) is 0 Å². The summed E-state index contributed by atoms with van der Waals surface area (Å²) >= 11 is 0. The fourth-order valence-electron chi connectivity index (χ4n) is 2.11. The number of aromatic nitrogens is 3. The molecule has 0 aliphatic rings. The van der Waals surface area contributed by atoms with E-state index < -0.39 is 0 Å². The zero-order valence-electron chi connectivity index (χ0n) is 12.2. The van der Waals surface area contributed by atoms with E-state index in [4.69, 9.17) is 4.42 Å². The van der Waals surface area contributed by atoms with E-state index in [0.717, 1.165) is 22.9 Å². The van der Waals surface area contributed by atoms with Crippen LogP contribution in [0.4, 0.5) is 0 Å². The largest absolute Gasteiger partial charge is 0.465 e. The fraction of sp³-hybridized carbons (Fsp3) is 0.250. The van der Waals surface area contributed by atoms with Crippen LogP contribution in [-0.2, 0) is 6.54 Å². The van der Waals surface area contributed by atoms with Crippen LogP contribution in [0.2, 0.25) is 0 Å². The normalized spacial score (nSPS) is 12.5. The Balaban J connectivity index is 1.63. The van der Waals surface area contributed by atoms with Crippen molar-refractivity contribution in [2.45, 2.75) is 26.4 Å². The minimum absolute atomic E-state index is 0.139. The van der Waals surface area contributed by atoms with Gasteiger partial charge in [-0.05, 0) is 38.1 Å². The highest BCUT2D eigenvalue weighted by molar-refractivity contribution is 5.28. The minimum atomic E-state index is 0.139. The fourth-order valence-corrected chi connectivity index (χ4v) is 2.11. The van der Waals surface area contributed by atoms with Crippen LogP contribution >= 0.6 is 0 Å². The van der Waals surface area contributed by atoms with Crippen molar-refractivity contribution in [2.24, 2.45) is 0 Å². The topological polar surface area (TPSA) is 55.9 Å². The molecule has 5 heteroatoms. The number of furan rings is 1. The molecule has 0 aliphatic heterocycles. The van der Waals surface area contributed by atoms with Crippen LogP contribution in [-0.4, -0.2) is 15.0 Å². The number of benzene rings is 1. The van der Waals surface area contributed by atoms with Crippen LogP contribution in [0.1, 0.15) is 30.2 Å². The Bertz CT molecular complexity index is 702. The third kappa shape index (κ3) is 3.20. The van der Waals surface area contributed by atoms with E-state index in [9.17, 15) is 0 Å². The summed E-state index contributed by atoms with van der Waals surface area (Å²) in [5.74, 6) is 1.86. The number of hydrogen-bond donors (Lipinski definition) is 1. The van der Waals surface area contributed by atoms with Gasteiger partial charge in [-0.25, -0.2) is 0 Å². The van der Waals surface area contributed by atoms with E-state index in [1.165, 1.54) is 0 Å². The van der Waals surface area contributed by atoms with E-state index in [1.54, 1.807) is 11.0 Å². The molecule has 0 saturated heterocycles. The molecule has 108 valence electrons. The predicted octanol–water partition coefficient (Wildman–Crippen LogP) is 3.02. The molecule has 3 rings (SSSR count). The highest BCUT2D eigenvalue weighted by Crippen LogP contribution is 2.15. The van der Waals surface area contributed by atoms with Crippen LogP contribution in [0.15, 0.2) is 53.1 Å². The van der Waals surface area contributed by atoms with Gasteiger partial charge in [-0.3, -0.25) is 0 Å². The van der Waals surface area contributed by atoms with Gasteiger partial charge in [-0.2, -0.15) is 15.0 Å². The van der Waals surface area contributed by atoms with Crippen molar-refractivity contribution in [3.05, 3.63) is 65.9 Å². The molecule has 0 fully saturated rings. The molecule has 21 heavy (non-hydrogen) atoms. The zero-order chi connectivity index (χ0) is 14.7. The molecular weight excluding hydrogens is 264 g/mol. The molecule has 2 heterocycles. The Morgan fingerprint density at radius 1 is 1.19 bits per heavy atom. The summed E-state index contributed by atoms with van der Waals surface area (Å²) in [6.07, 6.45) is 1.78. The Kier molecular flexibility index (Phi) is 3.83. The lowest BCUT2D eigenvalue weighted by molar-refractivity contribution is 0.414. The Hall–Kier alpha value is -2.40. The van der Waals surface area contributed by atoms with Gasteiger partial charge in [0.1, 0.15) is 11.5 Å². The second kappa shape index (κ2) is 5.93. The van der Waals surface area contributed by atoms with Gasteiger partial charge in [0, 0.05) is 6.54 Å². The van der Waals surface area contributed by atoms with E-state index in [0.29, 0.717) is 6.54 Å². The molecule has 3 aromatic rings. The first-order chi connectivity index (χ1) is 10.2. The summed E-state index contributed by atoms with van der Waals surface area (Å²) in [7, 11) is 0. The van der Waals surface area contributed by atoms with Gasteiger partial charge in [0.25, 0.3) is 0 Å². The van der Waals surface area contributed by atoms with Crippen LogP contribution in [0.5, 0.6) is 0 Å². The Morgan fingerprint density at radius 2 is 2.00 bits per heavy atom. The van der Waals surface area contributed by atoms with Gasteiger partial charge in [0.05, 0.1) is 23.6 Å². The SMILES string of the molecule is Cc1ccc(C(C)NCc2cnn(-c3ccccc3)n2)o1. The smallest absolute Gasteiger partial charge is 0.120 e. The molecule has 0 bridgehead atoms. The molecule has 5 nitrogen and oxygen atoms in total. The highest BCUT2D eigenvalue weighted by Gasteiger charge is 2.10. The Labute approximate surface area is 123 Å². The summed E-state index contributed by atoms with van der Waals surface area (Å²) in [5.41, 5.74) is 1.85. The van der Waals surface area contributed by atoms with Crippen molar-refractivity contribution in [3.8, 4) is 5.69 Å². The number of nitrogens with zero attached hydrogens (tertiary/aromatic N) is 3. The van der Waals surface area contributed by atoms with Gasteiger partial charge in [-0.1, -0.05) is 18.2 Å². The maximum Gasteiger partial charge on any atom is 0.120 e. The third-order valence-corrected chi connectivity index (χ3v) is 3.30. The van der Waals surface area contributed by atoms with Crippen molar-refractivity contribution >= 4 is 0 Å². The monoisotopic (exact) mass is 282 g/mol. The third-order valence-electron chi connectivity index (χ3n) is 3.30. The summed E-state index contributed by atoms with van der Waals surface area (Å²) in [6.45, 7) is 4.66. The van der Waals surface area contributed by atoms with Gasteiger partial charge >= 0.3 is 0 Å². The molecule has 0 spiro atoms. The average Bonchev–Trinajstić information content (AvgIpc) is 3.15. The Morgan fingerprint density at radius 3 is 2.71 bits per heavy atom. The molecule has 1 unspecified atom stereocenters. The molecule has 2 aromatic heterocycles. The predicted molar refractivity (Wildman–Crippen MR) is 80.1 cm³/mol. The second-order valence-corrected chi connectivity index (χ2v) is 5.01. The molecule has 0 amide bonds. The average molecular weight is 282 g/mol. The summed E-state index contributed by atoms with van der Waals surface area (Å²) in [6, 6.07) is 14.0. The summed E-state index contributed by atoms with van der Waals surface area (Å²) in [5, 5.41) is 12.1. The highest BCUT2D eigenvalue weighted by atomic mass is 16.3. The van der Waals surface area contributed by atoms with Gasteiger partial charge in [0.2, 0.25) is 0 Å². The van der Waals surface area contributed by atoms with E-state index in [-0.39, 0.29) is 6.04 Å². The summed E-state index contributed by atoms with van der Waals surface area (Å²) in [4.78, 5) is 1.64. The van der Waals surface area contributed by atoms with E-state index in [2.05, 4.69) is 22.4 Å². The number of para-hydroxylation sites is 1. The minimum Gasteiger partial charge on any atom is -0.465 e. The lowest BCUT2D eigenvalue weighted by atomic mass is 10.2. The number of aryl methyl sites for hydroxylation is 1. The molecule has 0 radical (unpaired) electrons. The number of hydrogen-bond acceptors (Lipinski definition) is 4. The molecule has 1 N–H and O–H groups in total. The lowest BCUT2D eigenvalue weighted by Crippen LogP contribution is -2.18. The lowest BCUT2D eigenvalue weighted by Gasteiger charge is -2.09. The van der Waals surface area contributed by atoms with Crippen LogP contribution < -0.4 is 5.32 Å². The van der Waals surface area contributed by atoms with Crippen molar-refractivity contribution in [1.82, 2.24) is 20.3 Å². The van der Waals surface area contributed by atoms with Crippen LogP contribution in [0.3, 0.4) is 0 Å². The quantitative estimate of drug-likeness (QED) is 0.781. The van der Waals surface area contributed by atoms with Crippen molar-refractivity contribution < 1.29 is 4.42 Å². The summed E-state index contributed by atoms with van der Waals surface area (Å²) < 4.78 is 5.60. The first kappa shape index (κ1) is 13.6. The van der Waals surface area contributed by atoms with E-state index in [1.807, 2.05) is 49.4 Å². The molecule has 0 aliphatic carbocycles. The van der Waals surface area contributed by atoms with Gasteiger partial charge < -0.3 is 9.73 Å². The van der Waals surface area contributed by atoms with Crippen molar-refractivity contribution in [3.63, 3.8) is 0 Å². The molecule has 1 atom stereocenters.